The molecule has 0 spiro atoms. The van der Waals surface area contributed by atoms with E-state index in [9.17, 15) is 0 Å². The predicted octanol–water partition coefficient (Wildman–Crippen LogP) is 2.47. The first-order chi connectivity index (χ1) is 12.0. The molecule has 1 atom stereocenters. The minimum Gasteiger partial charge on any atom is -0.369 e. The molecule has 2 rings (SSSR count). The minimum absolute atomic E-state index is 0.444. The van der Waals surface area contributed by atoms with Gasteiger partial charge < -0.3 is 15.5 Å². The minimum atomic E-state index is 0.444. The van der Waals surface area contributed by atoms with Gasteiger partial charge in [-0.3, -0.25) is 9.89 Å². The number of hydrogen-bond donors (Lipinski definition) is 2. The zero-order chi connectivity index (χ0) is 18.2. The van der Waals surface area contributed by atoms with Crippen molar-refractivity contribution in [3.05, 3.63) is 29.8 Å². The van der Waals surface area contributed by atoms with Crippen molar-refractivity contribution in [2.45, 2.75) is 46.2 Å². The maximum atomic E-state index is 4.39. The maximum Gasteiger partial charge on any atom is 0.191 e. The molecule has 0 saturated carbocycles. The second-order valence-corrected chi connectivity index (χ2v) is 7.13. The Kier molecular flexibility index (Phi) is 7.56. The average molecular weight is 346 g/mol. The summed E-state index contributed by atoms with van der Waals surface area (Å²) in [4.78, 5) is 9.29. The van der Waals surface area contributed by atoms with Crippen molar-refractivity contribution in [1.29, 1.82) is 0 Å². The molecule has 0 bridgehead atoms. The first kappa shape index (κ1) is 19.6. The quantitative estimate of drug-likeness (QED) is 0.588. The van der Waals surface area contributed by atoms with Crippen molar-refractivity contribution in [3.63, 3.8) is 0 Å². The number of likely N-dealkylation sites (N-methyl/N-ethyl adjacent to an activating group) is 1. The predicted molar refractivity (Wildman–Crippen MR) is 109 cm³/mol. The highest BCUT2D eigenvalue weighted by molar-refractivity contribution is 5.80. The third-order valence-electron chi connectivity index (χ3n) is 4.98. The fourth-order valence-corrected chi connectivity index (χ4v) is 3.36. The maximum absolute atomic E-state index is 4.39. The summed E-state index contributed by atoms with van der Waals surface area (Å²) in [7, 11) is 1.85. The summed E-state index contributed by atoms with van der Waals surface area (Å²) in [5.74, 6) is 0.913. The van der Waals surface area contributed by atoms with Crippen LogP contribution in [0.15, 0.2) is 29.3 Å². The first-order valence-electron chi connectivity index (χ1n) is 9.56. The standard InChI is InChI=1S/C20H35N5/c1-6-24(16(2)3)14-12-22-20(21-5)23-18-11-13-25(15-18)19-9-7-17(4)8-10-19/h7-10,16,18H,6,11-15H2,1-5H3,(H2,21,22,23). The number of hydrogen-bond acceptors (Lipinski definition) is 3. The number of aryl methyl sites for hydroxylation is 1. The van der Waals surface area contributed by atoms with Gasteiger partial charge >= 0.3 is 0 Å². The van der Waals surface area contributed by atoms with Crippen molar-refractivity contribution in [2.24, 2.45) is 4.99 Å². The molecular weight excluding hydrogens is 310 g/mol. The normalized spacial score (nSPS) is 18.3. The Morgan fingerprint density at radius 3 is 2.64 bits per heavy atom. The van der Waals surface area contributed by atoms with Crippen molar-refractivity contribution < 1.29 is 0 Å². The Morgan fingerprint density at radius 2 is 2.04 bits per heavy atom. The molecule has 5 heteroatoms. The average Bonchev–Trinajstić information content (AvgIpc) is 3.06. The number of nitrogens with zero attached hydrogens (tertiary/aromatic N) is 3. The van der Waals surface area contributed by atoms with Crippen LogP contribution >= 0.6 is 0 Å². The van der Waals surface area contributed by atoms with Gasteiger partial charge in [0, 0.05) is 51.0 Å². The number of rotatable bonds is 7. The van der Waals surface area contributed by atoms with Gasteiger partial charge in [-0.1, -0.05) is 24.6 Å². The summed E-state index contributed by atoms with van der Waals surface area (Å²) in [5.41, 5.74) is 2.62. The van der Waals surface area contributed by atoms with Crippen LogP contribution in [-0.4, -0.2) is 62.7 Å². The topological polar surface area (TPSA) is 42.9 Å². The zero-order valence-electron chi connectivity index (χ0n) is 16.5. The summed E-state index contributed by atoms with van der Waals surface area (Å²) >= 11 is 0. The lowest BCUT2D eigenvalue weighted by Crippen LogP contribution is -2.47. The molecule has 0 aliphatic carbocycles. The number of guanidine groups is 1. The van der Waals surface area contributed by atoms with E-state index in [1.165, 1.54) is 11.3 Å². The highest BCUT2D eigenvalue weighted by atomic mass is 15.3. The second kappa shape index (κ2) is 9.66. The summed E-state index contributed by atoms with van der Waals surface area (Å²) in [5, 5.41) is 7.03. The van der Waals surface area contributed by atoms with Crippen molar-refractivity contribution >= 4 is 11.6 Å². The highest BCUT2D eigenvalue weighted by Crippen LogP contribution is 2.20. The summed E-state index contributed by atoms with van der Waals surface area (Å²) < 4.78 is 0. The van der Waals surface area contributed by atoms with Gasteiger partial charge in [0.05, 0.1) is 0 Å². The van der Waals surface area contributed by atoms with Crippen molar-refractivity contribution in [1.82, 2.24) is 15.5 Å². The Hall–Kier alpha value is -1.75. The van der Waals surface area contributed by atoms with E-state index in [0.717, 1.165) is 45.1 Å². The molecule has 1 unspecified atom stereocenters. The van der Waals surface area contributed by atoms with Gasteiger partial charge in [-0.25, -0.2) is 0 Å². The Bertz CT molecular complexity index is 538. The Morgan fingerprint density at radius 1 is 1.32 bits per heavy atom. The first-order valence-corrected chi connectivity index (χ1v) is 9.56. The third-order valence-corrected chi connectivity index (χ3v) is 4.98. The fraction of sp³-hybridized carbons (Fsp3) is 0.650. The molecule has 0 aromatic heterocycles. The number of nitrogens with one attached hydrogen (secondary N) is 2. The molecule has 0 radical (unpaired) electrons. The van der Waals surface area contributed by atoms with Crippen LogP contribution in [0.25, 0.3) is 0 Å². The summed E-state index contributed by atoms with van der Waals surface area (Å²) in [6.07, 6.45) is 1.14. The van der Waals surface area contributed by atoms with E-state index < -0.39 is 0 Å². The van der Waals surface area contributed by atoms with Crippen LogP contribution in [0.5, 0.6) is 0 Å². The molecule has 1 fully saturated rings. The third kappa shape index (κ3) is 5.92. The van der Waals surface area contributed by atoms with Crippen molar-refractivity contribution in [3.8, 4) is 0 Å². The SMILES string of the molecule is CCN(CCNC(=NC)NC1CCN(c2ccc(C)cc2)C1)C(C)C. The van der Waals surface area contributed by atoms with Gasteiger partial charge in [-0.15, -0.1) is 0 Å². The zero-order valence-corrected chi connectivity index (χ0v) is 16.5. The second-order valence-electron chi connectivity index (χ2n) is 7.13. The van der Waals surface area contributed by atoms with Gasteiger partial charge in [0.15, 0.2) is 5.96 Å². The lowest BCUT2D eigenvalue weighted by Gasteiger charge is -2.25. The molecule has 140 valence electrons. The molecule has 1 aliphatic rings. The molecule has 25 heavy (non-hydrogen) atoms. The molecule has 2 N–H and O–H groups in total. The number of anilines is 1. The van der Waals surface area contributed by atoms with Crippen molar-refractivity contribution in [2.75, 3.05) is 44.7 Å². The molecular formula is C20H35N5. The lowest BCUT2D eigenvalue weighted by molar-refractivity contribution is 0.237. The van der Waals surface area contributed by atoms with Gasteiger partial charge in [-0.05, 0) is 45.9 Å². The van der Waals surface area contributed by atoms with Gasteiger partial charge in [0.2, 0.25) is 0 Å². The Balaban J connectivity index is 1.77. The van der Waals surface area contributed by atoms with Crippen LogP contribution in [0.3, 0.4) is 0 Å². The fourth-order valence-electron chi connectivity index (χ4n) is 3.36. The van der Waals surface area contributed by atoms with Gasteiger partial charge in [0.25, 0.3) is 0 Å². The summed E-state index contributed by atoms with van der Waals surface area (Å²) in [6.45, 7) is 14.0. The van der Waals surface area contributed by atoms with Crippen LogP contribution in [0.2, 0.25) is 0 Å². The number of aliphatic imine (C=N–C) groups is 1. The monoisotopic (exact) mass is 345 g/mol. The molecule has 0 amide bonds. The van der Waals surface area contributed by atoms with E-state index in [0.29, 0.717) is 12.1 Å². The van der Waals surface area contributed by atoms with E-state index in [-0.39, 0.29) is 0 Å². The molecule has 1 heterocycles. The van der Waals surface area contributed by atoms with E-state index in [4.69, 9.17) is 0 Å². The van der Waals surface area contributed by atoms with Crippen LogP contribution in [0.1, 0.15) is 32.8 Å². The molecule has 5 nitrogen and oxygen atoms in total. The number of benzene rings is 1. The van der Waals surface area contributed by atoms with Crippen LogP contribution in [0.4, 0.5) is 5.69 Å². The van der Waals surface area contributed by atoms with Gasteiger partial charge in [0.1, 0.15) is 0 Å². The lowest BCUT2D eigenvalue weighted by atomic mass is 10.2. The molecule has 1 aromatic carbocycles. The van der Waals surface area contributed by atoms with E-state index in [1.54, 1.807) is 0 Å². The van der Waals surface area contributed by atoms with Crippen LogP contribution in [0, 0.1) is 6.92 Å². The van der Waals surface area contributed by atoms with E-state index in [1.807, 2.05) is 7.05 Å². The van der Waals surface area contributed by atoms with Crippen LogP contribution in [-0.2, 0) is 0 Å². The summed E-state index contributed by atoms with van der Waals surface area (Å²) in [6, 6.07) is 9.83. The highest BCUT2D eigenvalue weighted by Gasteiger charge is 2.23. The van der Waals surface area contributed by atoms with E-state index >= 15 is 0 Å². The van der Waals surface area contributed by atoms with Gasteiger partial charge in [-0.2, -0.15) is 0 Å². The molecule has 1 aromatic rings. The van der Waals surface area contributed by atoms with E-state index in [2.05, 4.69) is 77.4 Å². The molecule has 1 aliphatic heterocycles. The van der Waals surface area contributed by atoms with Crippen LogP contribution < -0.4 is 15.5 Å². The largest absolute Gasteiger partial charge is 0.369 e. The Labute approximate surface area is 153 Å². The molecule has 1 saturated heterocycles. The smallest absolute Gasteiger partial charge is 0.191 e.